The van der Waals surface area contributed by atoms with Crippen molar-refractivity contribution in [3.05, 3.63) is 18.7 Å². The summed E-state index contributed by atoms with van der Waals surface area (Å²) in [5.41, 5.74) is 5.93. The van der Waals surface area contributed by atoms with E-state index in [2.05, 4.69) is 10.3 Å². The van der Waals surface area contributed by atoms with Crippen LogP contribution in [0.25, 0.3) is 0 Å². The van der Waals surface area contributed by atoms with Crippen LogP contribution in [0.3, 0.4) is 0 Å². The molecule has 0 aliphatic carbocycles. The predicted molar refractivity (Wildman–Crippen MR) is 71.9 cm³/mol. The van der Waals surface area contributed by atoms with E-state index in [-0.39, 0.29) is 17.4 Å². The van der Waals surface area contributed by atoms with Crippen LogP contribution in [0.5, 0.6) is 0 Å². The lowest BCUT2D eigenvalue weighted by atomic mass is 9.85. The van der Waals surface area contributed by atoms with Crippen LogP contribution in [0.4, 0.5) is 0 Å². The van der Waals surface area contributed by atoms with Crippen LogP contribution in [0.2, 0.25) is 0 Å². The van der Waals surface area contributed by atoms with Gasteiger partial charge in [0.2, 0.25) is 5.91 Å². The number of imidazole rings is 1. The van der Waals surface area contributed by atoms with Gasteiger partial charge < -0.3 is 15.6 Å². The number of nitrogens with one attached hydrogen (secondary N) is 1. The molecule has 18 heavy (non-hydrogen) atoms. The molecular weight excluding hydrogens is 228 g/mol. The molecule has 1 heterocycles. The molecule has 0 saturated heterocycles. The zero-order valence-electron chi connectivity index (χ0n) is 11.5. The van der Waals surface area contributed by atoms with Crippen molar-refractivity contribution in [1.82, 2.24) is 14.9 Å². The van der Waals surface area contributed by atoms with Crippen molar-refractivity contribution in [2.45, 2.75) is 46.2 Å². The highest BCUT2D eigenvalue weighted by molar-refractivity contribution is 5.76. The Morgan fingerprint density at radius 1 is 1.50 bits per heavy atom. The maximum atomic E-state index is 11.7. The number of nitrogens with two attached hydrogens (primary N) is 1. The molecule has 0 aliphatic rings. The molecule has 0 saturated carbocycles. The summed E-state index contributed by atoms with van der Waals surface area (Å²) >= 11 is 0. The summed E-state index contributed by atoms with van der Waals surface area (Å²) in [6.45, 7) is 7.68. The molecular formula is C13H24N4O. The summed E-state index contributed by atoms with van der Waals surface area (Å²) in [6, 6.07) is -0.105. The van der Waals surface area contributed by atoms with E-state index < -0.39 is 0 Å². The van der Waals surface area contributed by atoms with Gasteiger partial charge in [0, 0.05) is 37.9 Å². The molecule has 1 rings (SSSR count). The van der Waals surface area contributed by atoms with Crippen LogP contribution in [0, 0.1) is 5.41 Å². The lowest BCUT2D eigenvalue weighted by molar-refractivity contribution is -0.121. The second kappa shape index (κ2) is 6.54. The fraction of sp³-hybridized carbons (Fsp3) is 0.692. The first-order chi connectivity index (χ1) is 8.39. The summed E-state index contributed by atoms with van der Waals surface area (Å²) in [5, 5.41) is 2.90. The van der Waals surface area contributed by atoms with Crippen molar-refractivity contribution in [3.63, 3.8) is 0 Å². The standard InChI is InChI=1S/C13H24N4O/c1-13(2,3)11(14)9-12(18)16-5-4-7-17-8-6-15-10-17/h6,8,10-11H,4-5,7,9,14H2,1-3H3,(H,16,18). The number of aryl methyl sites for hydroxylation is 1. The van der Waals surface area contributed by atoms with Gasteiger partial charge in [-0.25, -0.2) is 4.98 Å². The molecule has 0 aliphatic heterocycles. The normalized spacial score (nSPS) is 13.3. The molecule has 5 heteroatoms. The molecule has 3 N–H and O–H groups in total. The lowest BCUT2D eigenvalue weighted by Gasteiger charge is -2.26. The Labute approximate surface area is 109 Å². The smallest absolute Gasteiger partial charge is 0.221 e. The topological polar surface area (TPSA) is 72.9 Å². The Kier molecular flexibility index (Phi) is 5.34. The SMILES string of the molecule is CC(C)(C)C(N)CC(=O)NCCCn1ccnc1. The maximum Gasteiger partial charge on any atom is 0.221 e. The van der Waals surface area contributed by atoms with Gasteiger partial charge in [-0.1, -0.05) is 20.8 Å². The highest BCUT2D eigenvalue weighted by Gasteiger charge is 2.22. The average Bonchev–Trinajstić information content (AvgIpc) is 2.75. The van der Waals surface area contributed by atoms with E-state index in [1.165, 1.54) is 0 Å². The highest BCUT2D eigenvalue weighted by atomic mass is 16.1. The minimum absolute atomic E-state index is 0.0306. The summed E-state index contributed by atoms with van der Waals surface area (Å²) in [4.78, 5) is 15.6. The van der Waals surface area contributed by atoms with Crippen LogP contribution in [0.1, 0.15) is 33.6 Å². The minimum Gasteiger partial charge on any atom is -0.356 e. The number of amides is 1. The van der Waals surface area contributed by atoms with Gasteiger partial charge in [0.15, 0.2) is 0 Å². The van der Waals surface area contributed by atoms with E-state index in [0.717, 1.165) is 13.0 Å². The first kappa shape index (κ1) is 14.7. The summed E-state index contributed by atoms with van der Waals surface area (Å²) in [5.74, 6) is 0.0306. The van der Waals surface area contributed by atoms with Crippen molar-refractivity contribution in [3.8, 4) is 0 Å². The van der Waals surface area contributed by atoms with Crippen molar-refractivity contribution in [1.29, 1.82) is 0 Å². The van der Waals surface area contributed by atoms with Gasteiger partial charge in [-0.05, 0) is 11.8 Å². The number of nitrogens with zero attached hydrogens (tertiary/aromatic N) is 2. The Morgan fingerprint density at radius 2 is 2.22 bits per heavy atom. The molecule has 5 nitrogen and oxygen atoms in total. The molecule has 1 amide bonds. The Hall–Kier alpha value is -1.36. The van der Waals surface area contributed by atoms with Gasteiger partial charge in [-0.3, -0.25) is 4.79 Å². The van der Waals surface area contributed by atoms with Gasteiger partial charge in [-0.15, -0.1) is 0 Å². The van der Waals surface area contributed by atoms with E-state index in [1.54, 1.807) is 12.5 Å². The Balaban J connectivity index is 2.14. The van der Waals surface area contributed by atoms with Crippen LogP contribution < -0.4 is 11.1 Å². The van der Waals surface area contributed by atoms with E-state index in [1.807, 2.05) is 31.5 Å². The number of hydrogen-bond acceptors (Lipinski definition) is 3. The Morgan fingerprint density at radius 3 is 2.78 bits per heavy atom. The van der Waals surface area contributed by atoms with Gasteiger partial charge in [0.1, 0.15) is 0 Å². The molecule has 1 unspecified atom stereocenters. The average molecular weight is 252 g/mol. The highest BCUT2D eigenvalue weighted by Crippen LogP contribution is 2.19. The van der Waals surface area contributed by atoms with Crippen molar-refractivity contribution in [2.75, 3.05) is 6.54 Å². The van der Waals surface area contributed by atoms with Crippen LogP contribution in [-0.4, -0.2) is 28.0 Å². The zero-order chi connectivity index (χ0) is 13.6. The molecule has 0 fully saturated rings. The summed E-state index contributed by atoms with van der Waals surface area (Å²) in [6.07, 6.45) is 6.72. The van der Waals surface area contributed by atoms with Crippen molar-refractivity contribution in [2.24, 2.45) is 11.1 Å². The molecule has 1 atom stereocenters. The van der Waals surface area contributed by atoms with Gasteiger partial charge in [0.25, 0.3) is 0 Å². The van der Waals surface area contributed by atoms with Gasteiger partial charge in [-0.2, -0.15) is 0 Å². The molecule has 0 radical (unpaired) electrons. The third-order valence-electron chi connectivity index (χ3n) is 2.99. The van der Waals surface area contributed by atoms with Crippen molar-refractivity contribution < 1.29 is 4.79 Å². The minimum atomic E-state index is -0.105. The number of rotatable bonds is 6. The van der Waals surface area contributed by atoms with E-state index in [0.29, 0.717) is 13.0 Å². The first-order valence-electron chi connectivity index (χ1n) is 6.37. The quantitative estimate of drug-likeness (QED) is 0.746. The predicted octanol–water partition coefficient (Wildman–Crippen LogP) is 1.15. The zero-order valence-corrected chi connectivity index (χ0v) is 11.5. The molecule has 0 bridgehead atoms. The second-order valence-corrected chi connectivity index (χ2v) is 5.68. The van der Waals surface area contributed by atoms with Gasteiger partial charge >= 0.3 is 0 Å². The number of aromatic nitrogens is 2. The molecule has 0 aromatic carbocycles. The van der Waals surface area contributed by atoms with E-state index in [4.69, 9.17) is 5.73 Å². The fourth-order valence-electron chi connectivity index (χ4n) is 1.49. The van der Waals surface area contributed by atoms with E-state index >= 15 is 0 Å². The van der Waals surface area contributed by atoms with Gasteiger partial charge in [0.05, 0.1) is 6.33 Å². The molecule has 1 aromatic heterocycles. The largest absolute Gasteiger partial charge is 0.356 e. The monoisotopic (exact) mass is 252 g/mol. The fourth-order valence-corrected chi connectivity index (χ4v) is 1.49. The maximum absolute atomic E-state index is 11.7. The lowest BCUT2D eigenvalue weighted by Crippen LogP contribution is -2.40. The first-order valence-corrected chi connectivity index (χ1v) is 6.37. The van der Waals surface area contributed by atoms with Crippen LogP contribution >= 0.6 is 0 Å². The van der Waals surface area contributed by atoms with E-state index in [9.17, 15) is 4.79 Å². The number of hydrogen-bond donors (Lipinski definition) is 2. The third-order valence-corrected chi connectivity index (χ3v) is 2.99. The summed E-state index contributed by atoms with van der Waals surface area (Å²) < 4.78 is 1.99. The number of carbonyl (C=O) groups is 1. The Bertz CT molecular complexity index is 354. The van der Waals surface area contributed by atoms with Crippen LogP contribution in [-0.2, 0) is 11.3 Å². The van der Waals surface area contributed by atoms with Crippen LogP contribution in [0.15, 0.2) is 18.7 Å². The molecule has 102 valence electrons. The third kappa shape index (κ3) is 5.31. The second-order valence-electron chi connectivity index (χ2n) is 5.68. The number of carbonyl (C=O) groups excluding carboxylic acids is 1. The molecule has 1 aromatic rings. The molecule has 0 spiro atoms. The van der Waals surface area contributed by atoms with Crippen molar-refractivity contribution >= 4 is 5.91 Å². The summed E-state index contributed by atoms with van der Waals surface area (Å²) in [7, 11) is 0.